The van der Waals surface area contributed by atoms with Crippen LogP contribution in [0.3, 0.4) is 0 Å². The van der Waals surface area contributed by atoms with E-state index in [9.17, 15) is 9.59 Å². The maximum Gasteiger partial charge on any atom is 0.229 e. The molecule has 0 aliphatic heterocycles. The van der Waals surface area contributed by atoms with Gasteiger partial charge in [0, 0.05) is 55.3 Å². The Kier molecular flexibility index (Phi) is 10.8. The minimum absolute atomic E-state index is 0.0155. The molecule has 37 heavy (non-hydrogen) atoms. The van der Waals surface area contributed by atoms with Crippen LogP contribution >= 0.6 is 0 Å². The van der Waals surface area contributed by atoms with Crippen molar-refractivity contribution in [2.45, 2.75) is 78.6 Å². The van der Waals surface area contributed by atoms with Gasteiger partial charge in [-0.3, -0.25) is 19.5 Å². The molecular weight excluding hydrogens is 468 g/mol. The predicted molar refractivity (Wildman–Crippen MR) is 142 cm³/mol. The van der Waals surface area contributed by atoms with E-state index >= 15 is 0 Å². The third-order valence-electron chi connectivity index (χ3n) is 6.22. The first-order valence-corrected chi connectivity index (χ1v) is 13.0. The Bertz CT molecular complexity index is 1020. The molecule has 3 aromatic rings. The van der Waals surface area contributed by atoms with Gasteiger partial charge in [-0.1, -0.05) is 6.07 Å². The van der Waals surface area contributed by atoms with Gasteiger partial charge in [0.2, 0.25) is 11.8 Å². The summed E-state index contributed by atoms with van der Waals surface area (Å²) in [6.07, 6.45) is 10.9. The van der Waals surface area contributed by atoms with Gasteiger partial charge in [-0.25, -0.2) is 9.97 Å². The average Bonchev–Trinajstić information content (AvgIpc) is 3.56. The van der Waals surface area contributed by atoms with E-state index < -0.39 is 0 Å². The molecule has 10 heteroatoms. The van der Waals surface area contributed by atoms with Crippen LogP contribution in [0.4, 0.5) is 0 Å². The quantitative estimate of drug-likeness (QED) is 0.271. The lowest BCUT2D eigenvalue weighted by Crippen LogP contribution is -2.38. The molecule has 2 amide bonds. The number of imidazole rings is 2. The molecule has 200 valence electrons. The lowest BCUT2D eigenvalue weighted by atomic mass is 10.1. The molecule has 0 aliphatic carbocycles. The van der Waals surface area contributed by atoms with E-state index in [2.05, 4.69) is 62.8 Å². The number of carbonyl (C=O) groups is 2. The Morgan fingerprint density at radius 1 is 0.892 bits per heavy atom. The van der Waals surface area contributed by atoms with Crippen molar-refractivity contribution in [1.82, 2.24) is 40.0 Å². The topological polar surface area (TPSA) is 123 Å². The molecule has 0 aromatic carbocycles. The molecule has 0 spiro atoms. The molecular formula is C27H40N8O2. The zero-order chi connectivity index (χ0) is 26.6. The molecule has 0 saturated heterocycles. The lowest BCUT2D eigenvalue weighted by Gasteiger charge is -2.30. The first-order valence-electron chi connectivity index (χ1n) is 13.0. The normalized spacial score (nSPS) is 11.4. The molecule has 3 aromatic heterocycles. The van der Waals surface area contributed by atoms with E-state index in [4.69, 9.17) is 0 Å². The van der Waals surface area contributed by atoms with Gasteiger partial charge in [-0.2, -0.15) is 0 Å². The third kappa shape index (κ3) is 9.45. The minimum Gasteiger partial charge on any atom is -0.356 e. The molecule has 3 N–H and O–H groups in total. The van der Waals surface area contributed by atoms with Crippen molar-refractivity contribution in [3.8, 4) is 0 Å². The predicted octanol–water partition coefficient (Wildman–Crippen LogP) is 2.86. The minimum atomic E-state index is -0.0840. The number of aromatic nitrogens is 5. The highest BCUT2D eigenvalue weighted by Crippen LogP contribution is 2.10. The number of carbonyl (C=O) groups excluding carboxylic acids is 2. The Labute approximate surface area is 219 Å². The van der Waals surface area contributed by atoms with Gasteiger partial charge < -0.3 is 20.2 Å². The van der Waals surface area contributed by atoms with Gasteiger partial charge in [-0.15, -0.1) is 0 Å². The van der Waals surface area contributed by atoms with E-state index in [0.717, 1.165) is 24.9 Å². The van der Waals surface area contributed by atoms with E-state index in [1.165, 1.54) is 0 Å². The highest BCUT2D eigenvalue weighted by atomic mass is 16.2. The average molecular weight is 509 g/mol. The smallest absolute Gasteiger partial charge is 0.229 e. The molecule has 0 bridgehead atoms. The number of rotatable bonds is 15. The standard InChI is InChI=1S/C27H40N8O2/c1-20(2)35(21(3)4)14-6-5-9-32-26(36)15-22-7-8-23(33-17-22)16-27(37)34(18-24-28-10-11-29-24)19-25-30-12-13-31-25/h7-8,10-13,17,20-21H,5-6,9,14-16,18-19H2,1-4H3,(H,28,29)(H,30,31)(H,32,36). The molecule has 3 rings (SSSR count). The van der Waals surface area contributed by atoms with Crippen LogP contribution in [0.1, 0.15) is 63.4 Å². The van der Waals surface area contributed by atoms with Gasteiger partial charge in [0.15, 0.2) is 0 Å². The van der Waals surface area contributed by atoms with Gasteiger partial charge in [0.1, 0.15) is 11.6 Å². The summed E-state index contributed by atoms with van der Waals surface area (Å²) in [6.45, 7) is 11.3. The number of hydrogen-bond donors (Lipinski definition) is 3. The van der Waals surface area contributed by atoms with Crippen molar-refractivity contribution in [2.75, 3.05) is 13.1 Å². The Morgan fingerprint density at radius 2 is 1.54 bits per heavy atom. The summed E-state index contributed by atoms with van der Waals surface area (Å²) in [4.78, 5) is 48.5. The number of pyridine rings is 1. The van der Waals surface area contributed by atoms with Gasteiger partial charge in [0.25, 0.3) is 0 Å². The molecule has 0 radical (unpaired) electrons. The van der Waals surface area contributed by atoms with Crippen molar-refractivity contribution < 1.29 is 9.59 Å². The third-order valence-corrected chi connectivity index (χ3v) is 6.22. The Balaban J connectivity index is 1.44. The summed E-state index contributed by atoms with van der Waals surface area (Å²) >= 11 is 0. The van der Waals surface area contributed by atoms with Crippen LogP contribution < -0.4 is 5.32 Å². The first-order chi connectivity index (χ1) is 17.8. The first kappa shape index (κ1) is 28.0. The summed E-state index contributed by atoms with van der Waals surface area (Å²) < 4.78 is 0. The van der Waals surface area contributed by atoms with Crippen LogP contribution in [-0.4, -0.2) is 71.7 Å². The van der Waals surface area contributed by atoms with Crippen molar-refractivity contribution in [2.24, 2.45) is 0 Å². The van der Waals surface area contributed by atoms with Crippen LogP contribution in [0.25, 0.3) is 0 Å². The van der Waals surface area contributed by atoms with Crippen molar-refractivity contribution in [3.05, 3.63) is 66.0 Å². The second-order valence-corrected chi connectivity index (χ2v) is 9.82. The van der Waals surface area contributed by atoms with Crippen LogP contribution in [0.5, 0.6) is 0 Å². The molecule has 0 aliphatic rings. The molecule has 0 unspecified atom stereocenters. The second kappa shape index (κ2) is 14.3. The zero-order valence-electron chi connectivity index (χ0n) is 22.4. The zero-order valence-corrected chi connectivity index (χ0v) is 22.4. The lowest BCUT2D eigenvalue weighted by molar-refractivity contribution is -0.132. The Hall–Kier alpha value is -3.53. The second-order valence-electron chi connectivity index (χ2n) is 9.82. The highest BCUT2D eigenvalue weighted by Gasteiger charge is 2.18. The monoisotopic (exact) mass is 508 g/mol. The molecule has 0 fully saturated rings. The van der Waals surface area contributed by atoms with Crippen LogP contribution in [0, 0.1) is 0 Å². The summed E-state index contributed by atoms with van der Waals surface area (Å²) in [5, 5.41) is 3.00. The SMILES string of the molecule is CC(C)N(CCCCNC(=O)Cc1ccc(CC(=O)N(Cc2ncc[nH]2)Cc2ncc[nH]2)nc1)C(C)C. The van der Waals surface area contributed by atoms with Gasteiger partial charge in [0.05, 0.1) is 25.9 Å². The number of H-pyrrole nitrogens is 2. The number of aromatic amines is 2. The van der Waals surface area contributed by atoms with Gasteiger partial charge >= 0.3 is 0 Å². The number of nitrogens with zero attached hydrogens (tertiary/aromatic N) is 5. The van der Waals surface area contributed by atoms with E-state index in [1.807, 2.05) is 12.1 Å². The fourth-order valence-corrected chi connectivity index (χ4v) is 4.30. The summed E-state index contributed by atoms with van der Waals surface area (Å²) in [5.41, 5.74) is 1.47. The van der Waals surface area contributed by atoms with Crippen LogP contribution in [-0.2, 0) is 35.5 Å². The molecule has 3 heterocycles. The summed E-state index contributed by atoms with van der Waals surface area (Å²) in [6, 6.07) is 4.72. The maximum atomic E-state index is 13.1. The maximum absolute atomic E-state index is 13.1. The fourth-order valence-electron chi connectivity index (χ4n) is 4.30. The van der Waals surface area contributed by atoms with Crippen molar-refractivity contribution in [1.29, 1.82) is 0 Å². The number of amides is 2. The van der Waals surface area contributed by atoms with Crippen molar-refractivity contribution in [3.63, 3.8) is 0 Å². The highest BCUT2D eigenvalue weighted by molar-refractivity contribution is 5.79. The fraction of sp³-hybridized carbons (Fsp3) is 0.519. The van der Waals surface area contributed by atoms with Gasteiger partial charge in [-0.05, 0) is 58.7 Å². The van der Waals surface area contributed by atoms with E-state index in [1.54, 1.807) is 35.9 Å². The Morgan fingerprint density at radius 3 is 2.05 bits per heavy atom. The number of unbranched alkanes of at least 4 members (excludes halogenated alkanes) is 1. The van der Waals surface area contributed by atoms with Crippen LogP contribution in [0.15, 0.2) is 43.1 Å². The summed E-state index contributed by atoms with van der Waals surface area (Å²) in [7, 11) is 0. The van der Waals surface area contributed by atoms with E-state index in [0.29, 0.717) is 49.1 Å². The number of nitrogens with one attached hydrogen (secondary N) is 3. The van der Waals surface area contributed by atoms with E-state index in [-0.39, 0.29) is 24.7 Å². The van der Waals surface area contributed by atoms with Crippen LogP contribution in [0.2, 0.25) is 0 Å². The molecule has 10 nitrogen and oxygen atoms in total. The molecule has 0 atom stereocenters. The molecule has 0 saturated carbocycles. The number of hydrogen-bond acceptors (Lipinski definition) is 6. The largest absolute Gasteiger partial charge is 0.356 e. The summed E-state index contributed by atoms with van der Waals surface area (Å²) in [5.74, 6) is 1.30. The van der Waals surface area contributed by atoms with Crippen molar-refractivity contribution >= 4 is 11.8 Å².